The third-order valence-electron chi connectivity index (χ3n) is 4.48. The monoisotopic (exact) mass is 411 g/mol. The lowest BCUT2D eigenvalue weighted by atomic mass is 9.99. The predicted octanol–water partition coefficient (Wildman–Crippen LogP) is 6.09. The van der Waals surface area contributed by atoms with Gasteiger partial charge < -0.3 is 14.5 Å². The first-order chi connectivity index (χ1) is 14.0. The molecule has 0 spiro atoms. The number of esters is 1. The molecule has 1 aromatic carbocycles. The number of hydrogen-bond acceptors (Lipinski definition) is 5. The molecule has 2 aromatic heterocycles. The molecule has 1 N–H and O–H groups in total. The number of ether oxygens (including phenoxy) is 1. The second-order valence-electron chi connectivity index (χ2n) is 6.75. The minimum atomic E-state index is -0.432. The maximum atomic E-state index is 12.9. The third-order valence-corrected chi connectivity index (χ3v) is 5.50. The molecule has 0 saturated carbocycles. The fraction of sp³-hybridized carbons (Fsp3) is 0.304. The van der Waals surface area contributed by atoms with E-state index in [1.54, 1.807) is 12.1 Å². The largest absolute Gasteiger partial charge is 0.462 e. The summed E-state index contributed by atoms with van der Waals surface area (Å²) >= 11 is 1.36. The highest BCUT2D eigenvalue weighted by atomic mass is 32.1. The molecule has 3 aromatic rings. The van der Waals surface area contributed by atoms with Crippen LogP contribution in [0.4, 0.5) is 5.00 Å². The molecule has 0 radical (unpaired) electrons. The summed E-state index contributed by atoms with van der Waals surface area (Å²) < 4.78 is 10.6. The first-order valence-corrected chi connectivity index (χ1v) is 10.6. The minimum Gasteiger partial charge on any atom is -0.462 e. The Morgan fingerprint density at radius 3 is 2.48 bits per heavy atom. The van der Waals surface area contributed by atoms with E-state index in [-0.39, 0.29) is 5.76 Å². The van der Waals surface area contributed by atoms with Crippen molar-refractivity contribution in [2.75, 3.05) is 11.9 Å². The van der Waals surface area contributed by atoms with Crippen LogP contribution < -0.4 is 5.32 Å². The van der Waals surface area contributed by atoms with Crippen molar-refractivity contribution in [3.05, 3.63) is 64.4 Å². The van der Waals surface area contributed by atoms with Gasteiger partial charge in [-0.15, -0.1) is 11.3 Å². The lowest BCUT2D eigenvalue weighted by Gasteiger charge is -2.10. The molecular weight excluding hydrogens is 386 g/mol. The fourth-order valence-corrected chi connectivity index (χ4v) is 4.20. The van der Waals surface area contributed by atoms with Gasteiger partial charge in [0.05, 0.1) is 12.9 Å². The molecule has 1 amide bonds. The Labute approximate surface area is 174 Å². The Bertz CT molecular complexity index is 971. The minimum absolute atomic E-state index is 0.189. The molecule has 0 unspecified atom stereocenters. The predicted molar refractivity (Wildman–Crippen MR) is 116 cm³/mol. The topological polar surface area (TPSA) is 68.5 Å². The number of carbonyl (C=O) groups excluding carboxylic acids is 2. The zero-order valence-corrected chi connectivity index (χ0v) is 17.7. The number of rotatable bonds is 8. The van der Waals surface area contributed by atoms with Crippen LogP contribution in [0.3, 0.4) is 0 Å². The molecule has 5 nitrogen and oxygen atoms in total. The van der Waals surface area contributed by atoms with E-state index >= 15 is 0 Å². The van der Waals surface area contributed by atoms with Crippen LogP contribution in [0.1, 0.15) is 58.0 Å². The number of thiophene rings is 1. The van der Waals surface area contributed by atoms with Crippen LogP contribution in [-0.4, -0.2) is 18.5 Å². The van der Waals surface area contributed by atoms with Crippen LogP contribution in [-0.2, 0) is 11.2 Å². The summed E-state index contributed by atoms with van der Waals surface area (Å²) in [5.41, 5.74) is 3.38. The second-order valence-corrected chi connectivity index (χ2v) is 7.98. The van der Waals surface area contributed by atoms with Gasteiger partial charge in [0.25, 0.3) is 5.91 Å². The van der Waals surface area contributed by atoms with Crippen LogP contribution in [0.25, 0.3) is 11.1 Å². The molecule has 0 atom stereocenters. The molecule has 0 saturated heterocycles. The fourth-order valence-electron chi connectivity index (χ4n) is 3.14. The molecule has 0 aliphatic heterocycles. The first-order valence-electron chi connectivity index (χ1n) is 9.79. The molecule has 0 aliphatic carbocycles. The van der Waals surface area contributed by atoms with E-state index in [4.69, 9.17) is 9.15 Å². The number of aryl methyl sites for hydroxylation is 2. The van der Waals surface area contributed by atoms with E-state index in [2.05, 4.69) is 24.4 Å². The van der Waals surface area contributed by atoms with Crippen molar-refractivity contribution in [2.45, 2.75) is 40.0 Å². The van der Waals surface area contributed by atoms with E-state index in [9.17, 15) is 9.59 Å². The molecular formula is C23H25NO4S. The molecule has 0 fully saturated rings. The Morgan fingerprint density at radius 1 is 1.10 bits per heavy atom. The van der Waals surface area contributed by atoms with Crippen molar-refractivity contribution in [1.82, 2.24) is 0 Å². The first kappa shape index (κ1) is 20.9. The van der Waals surface area contributed by atoms with E-state index in [0.29, 0.717) is 17.2 Å². The summed E-state index contributed by atoms with van der Waals surface area (Å²) in [4.78, 5) is 26.3. The summed E-state index contributed by atoms with van der Waals surface area (Å²) in [6.45, 7) is 6.36. The van der Waals surface area contributed by atoms with Gasteiger partial charge in [0.2, 0.25) is 0 Å². The van der Waals surface area contributed by atoms with Crippen molar-refractivity contribution in [3.8, 4) is 11.1 Å². The molecule has 6 heteroatoms. The second kappa shape index (κ2) is 9.56. The van der Waals surface area contributed by atoms with Gasteiger partial charge in [0, 0.05) is 10.4 Å². The highest BCUT2D eigenvalue weighted by Crippen LogP contribution is 2.40. The van der Waals surface area contributed by atoms with E-state index in [1.165, 1.54) is 23.2 Å². The highest BCUT2D eigenvalue weighted by molar-refractivity contribution is 7.17. The quantitative estimate of drug-likeness (QED) is 0.456. The SMILES string of the molecule is CCCOC(=O)c1c(NC(=O)c2ccco2)sc(C)c1-c1ccc(CCC)cc1. The van der Waals surface area contributed by atoms with Crippen molar-refractivity contribution in [2.24, 2.45) is 0 Å². The number of nitrogens with one attached hydrogen (secondary N) is 1. The average molecular weight is 412 g/mol. The smallest absolute Gasteiger partial charge is 0.341 e. The van der Waals surface area contributed by atoms with Crippen LogP contribution in [0, 0.1) is 6.92 Å². The highest BCUT2D eigenvalue weighted by Gasteiger charge is 2.26. The summed E-state index contributed by atoms with van der Waals surface area (Å²) in [5, 5.41) is 3.29. The van der Waals surface area contributed by atoms with Crippen LogP contribution >= 0.6 is 11.3 Å². The van der Waals surface area contributed by atoms with Gasteiger partial charge >= 0.3 is 5.97 Å². The third kappa shape index (κ3) is 4.77. The van der Waals surface area contributed by atoms with Crippen molar-refractivity contribution in [3.63, 3.8) is 0 Å². The van der Waals surface area contributed by atoms with Crippen LogP contribution in [0.15, 0.2) is 47.1 Å². The average Bonchev–Trinajstić information content (AvgIpc) is 3.35. The zero-order valence-electron chi connectivity index (χ0n) is 16.9. The molecule has 152 valence electrons. The van der Waals surface area contributed by atoms with Crippen LogP contribution in [0.5, 0.6) is 0 Å². The molecule has 0 aliphatic rings. The van der Waals surface area contributed by atoms with E-state index in [0.717, 1.165) is 35.3 Å². The van der Waals surface area contributed by atoms with Gasteiger partial charge in [-0.25, -0.2) is 4.79 Å². The molecule has 2 heterocycles. The number of anilines is 1. The zero-order chi connectivity index (χ0) is 20.8. The Hall–Kier alpha value is -2.86. The van der Waals surface area contributed by atoms with E-state index < -0.39 is 11.9 Å². The van der Waals surface area contributed by atoms with Gasteiger partial charge in [-0.2, -0.15) is 0 Å². The number of carbonyl (C=O) groups is 2. The van der Waals surface area contributed by atoms with Crippen LogP contribution in [0.2, 0.25) is 0 Å². The van der Waals surface area contributed by atoms with Gasteiger partial charge in [-0.05, 0) is 43.0 Å². The summed E-state index contributed by atoms with van der Waals surface area (Å²) in [7, 11) is 0. The van der Waals surface area contributed by atoms with Crippen molar-refractivity contribution < 1.29 is 18.7 Å². The molecule has 0 bridgehead atoms. The number of amides is 1. The summed E-state index contributed by atoms with van der Waals surface area (Å²) in [6, 6.07) is 11.4. The van der Waals surface area contributed by atoms with Crippen molar-refractivity contribution in [1.29, 1.82) is 0 Å². The lowest BCUT2D eigenvalue weighted by molar-refractivity contribution is 0.0507. The van der Waals surface area contributed by atoms with Gasteiger partial charge in [-0.1, -0.05) is 44.5 Å². The standard InChI is InChI=1S/C23H25NO4S/c1-4-7-16-9-11-17(12-10-16)19-15(3)29-22(20(19)23(26)28-13-5-2)24-21(25)18-8-6-14-27-18/h6,8-12,14H,4-5,7,13H2,1-3H3,(H,24,25). The van der Waals surface area contributed by atoms with Gasteiger partial charge in [0.1, 0.15) is 10.6 Å². The maximum Gasteiger partial charge on any atom is 0.341 e. The van der Waals surface area contributed by atoms with Gasteiger partial charge in [0.15, 0.2) is 5.76 Å². The molecule has 3 rings (SSSR count). The normalized spacial score (nSPS) is 10.7. The number of hydrogen-bond donors (Lipinski definition) is 1. The Kier molecular flexibility index (Phi) is 6.88. The summed E-state index contributed by atoms with van der Waals surface area (Å²) in [5.74, 6) is -0.640. The van der Waals surface area contributed by atoms with E-state index in [1.807, 2.05) is 26.0 Å². The Morgan fingerprint density at radius 2 is 1.86 bits per heavy atom. The van der Waals surface area contributed by atoms with Gasteiger partial charge in [-0.3, -0.25) is 4.79 Å². The van der Waals surface area contributed by atoms with Crippen molar-refractivity contribution >= 4 is 28.2 Å². The number of furan rings is 1. The summed E-state index contributed by atoms with van der Waals surface area (Å²) in [6.07, 6.45) is 4.26. The molecule has 29 heavy (non-hydrogen) atoms. The maximum absolute atomic E-state index is 12.9. The Balaban J connectivity index is 2.01. The lowest BCUT2D eigenvalue weighted by Crippen LogP contribution is -2.14. The number of benzene rings is 1.